The quantitative estimate of drug-likeness (QED) is 0.574. The van der Waals surface area contributed by atoms with E-state index in [0.717, 1.165) is 21.5 Å². The summed E-state index contributed by atoms with van der Waals surface area (Å²) >= 11 is 0. The first-order valence-electron chi connectivity index (χ1n) is 7.87. The van der Waals surface area contributed by atoms with Crippen molar-refractivity contribution in [2.24, 2.45) is 0 Å². The van der Waals surface area contributed by atoms with Crippen LogP contribution in [0.2, 0.25) is 0 Å². The number of hydroxylamine groups is 2. The second-order valence-corrected chi connectivity index (χ2v) is 5.85. The van der Waals surface area contributed by atoms with Crippen LogP contribution < -0.4 is 5.32 Å². The van der Waals surface area contributed by atoms with Crippen molar-refractivity contribution in [3.8, 4) is 0 Å². The first-order valence-corrected chi connectivity index (χ1v) is 7.87. The van der Waals surface area contributed by atoms with Crippen LogP contribution in [0.1, 0.15) is 12.8 Å². The van der Waals surface area contributed by atoms with Gasteiger partial charge in [0, 0.05) is 18.5 Å². The van der Waals surface area contributed by atoms with Crippen molar-refractivity contribution in [1.82, 2.24) is 5.06 Å². The average Bonchev–Trinajstić information content (AvgIpc) is 2.92. The molecule has 0 saturated carbocycles. The number of rotatable bonds is 2. The van der Waals surface area contributed by atoms with Crippen LogP contribution in [-0.2, 0) is 14.4 Å². The number of imide groups is 1. The van der Waals surface area contributed by atoms with Crippen molar-refractivity contribution in [2.75, 3.05) is 5.32 Å². The van der Waals surface area contributed by atoms with Gasteiger partial charge in [-0.15, -0.1) is 5.06 Å². The van der Waals surface area contributed by atoms with Crippen LogP contribution in [0.15, 0.2) is 54.6 Å². The molecule has 0 radical (unpaired) electrons. The third-order valence-electron chi connectivity index (χ3n) is 4.13. The van der Waals surface area contributed by atoms with E-state index >= 15 is 0 Å². The zero-order valence-corrected chi connectivity index (χ0v) is 13.2. The molecule has 25 heavy (non-hydrogen) atoms. The standard InChI is InChI=1S/C19H14N2O4/c22-17-7-8-18(23)21(17)25-19(24)20-16-6-5-14-9-12-3-1-2-4-13(12)10-15(14)11-16/h1-6,9-11H,7-8H2,(H,20,24). The number of hydrogen-bond donors (Lipinski definition) is 1. The van der Waals surface area contributed by atoms with Crippen LogP contribution in [-0.4, -0.2) is 23.0 Å². The van der Waals surface area contributed by atoms with Gasteiger partial charge in [-0.05, 0) is 45.8 Å². The van der Waals surface area contributed by atoms with Gasteiger partial charge in [0.2, 0.25) is 0 Å². The topological polar surface area (TPSA) is 75.7 Å². The summed E-state index contributed by atoms with van der Waals surface area (Å²) < 4.78 is 0. The van der Waals surface area contributed by atoms with E-state index < -0.39 is 17.9 Å². The maximum absolute atomic E-state index is 11.9. The monoisotopic (exact) mass is 334 g/mol. The normalized spacial score (nSPS) is 14.3. The van der Waals surface area contributed by atoms with E-state index in [4.69, 9.17) is 4.84 Å². The van der Waals surface area contributed by atoms with Crippen molar-refractivity contribution in [1.29, 1.82) is 0 Å². The molecule has 3 amide bonds. The Hall–Kier alpha value is -3.41. The van der Waals surface area contributed by atoms with E-state index in [1.807, 2.05) is 42.5 Å². The summed E-state index contributed by atoms with van der Waals surface area (Å²) in [5, 5.41) is 7.31. The number of carbonyl (C=O) groups excluding carboxylic acids is 3. The smallest absolute Gasteiger partial charge is 0.311 e. The highest BCUT2D eigenvalue weighted by Crippen LogP contribution is 2.25. The molecule has 0 atom stereocenters. The van der Waals surface area contributed by atoms with Gasteiger partial charge in [0.1, 0.15) is 0 Å². The fourth-order valence-corrected chi connectivity index (χ4v) is 2.90. The van der Waals surface area contributed by atoms with Gasteiger partial charge in [-0.2, -0.15) is 0 Å². The highest BCUT2D eigenvalue weighted by molar-refractivity contribution is 6.03. The van der Waals surface area contributed by atoms with Crippen LogP contribution in [0.4, 0.5) is 10.5 Å². The molecule has 1 heterocycles. The molecule has 0 aliphatic carbocycles. The zero-order valence-electron chi connectivity index (χ0n) is 13.2. The lowest BCUT2D eigenvalue weighted by atomic mass is 10.0. The summed E-state index contributed by atoms with van der Waals surface area (Å²) in [6.45, 7) is 0. The summed E-state index contributed by atoms with van der Waals surface area (Å²) in [4.78, 5) is 39.7. The minimum atomic E-state index is -0.872. The van der Waals surface area contributed by atoms with Gasteiger partial charge in [-0.3, -0.25) is 14.9 Å². The lowest BCUT2D eigenvalue weighted by molar-refractivity contribution is -0.170. The van der Waals surface area contributed by atoms with E-state index in [0.29, 0.717) is 10.8 Å². The maximum Gasteiger partial charge on any atom is 0.436 e. The Morgan fingerprint density at radius 3 is 2.12 bits per heavy atom. The number of anilines is 1. The average molecular weight is 334 g/mol. The van der Waals surface area contributed by atoms with Crippen molar-refractivity contribution in [3.05, 3.63) is 54.6 Å². The lowest BCUT2D eigenvalue weighted by Gasteiger charge is -2.13. The number of benzene rings is 3. The van der Waals surface area contributed by atoms with Crippen LogP contribution in [0.3, 0.4) is 0 Å². The summed E-state index contributed by atoms with van der Waals surface area (Å²) in [5.41, 5.74) is 0.520. The predicted molar refractivity (Wildman–Crippen MR) is 92.6 cm³/mol. The van der Waals surface area contributed by atoms with Crippen molar-refractivity contribution in [2.45, 2.75) is 12.8 Å². The second-order valence-electron chi connectivity index (χ2n) is 5.85. The molecular weight excluding hydrogens is 320 g/mol. The first kappa shape index (κ1) is 15.1. The van der Waals surface area contributed by atoms with Crippen LogP contribution in [0, 0.1) is 0 Å². The molecule has 1 aliphatic rings. The van der Waals surface area contributed by atoms with Gasteiger partial charge in [-0.1, -0.05) is 30.3 Å². The van der Waals surface area contributed by atoms with E-state index in [9.17, 15) is 14.4 Å². The Kier molecular flexibility index (Phi) is 3.57. The van der Waals surface area contributed by atoms with Gasteiger partial charge in [0.05, 0.1) is 0 Å². The van der Waals surface area contributed by atoms with Crippen LogP contribution in [0.5, 0.6) is 0 Å². The highest BCUT2D eigenvalue weighted by atomic mass is 16.7. The highest BCUT2D eigenvalue weighted by Gasteiger charge is 2.32. The number of nitrogens with one attached hydrogen (secondary N) is 1. The fraction of sp³-hybridized carbons (Fsp3) is 0.105. The Labute approximate surface area is 142 Å². The molecular formula is C19H14N2O4. The third kappa shape index (κ3) is 2.89. The van der Waals surface area contributed by atoms with Crippen molar-refractivity contribution in [3.63, 3.8) is 0 Å². The van der Waals surface area contributed by atoms with E-state index in [1.54, 1.807) is 6.07 Å². The Morgan fingerprint density at radius 2 is 1.44 bits per heavy atom. The minimum absolute atomic E-state index is 0.0646. The summed E-state index contributed by atoms with van der Waals surface area (Å²) in [6, 6.07) is 17.6. The lowest BCUT2D eigenvalue weighted by Crippen LogP contribution is -2.33. The molecule has 0 bridgehead atoms. The molecule has 3 aromatic carbocycles. The van der Waals surface area contributed by atoms with E-state index in [2.05, 4.69) is 11.4 Å². The molecule has 1 fully saturated rings. The molecule has 3 aromatic rings. The summed E-state index contributed by atoms with van der Waals surface area (Å²) in [5.74, 6) is -1.02. The van der Waals surface area contributed by atoms with Crippen LogP contribution >= 0.6 is 0 Å². The molecule has 124 valence electrons. The van der Waals surface area contributed by atoms with E-state index in [1.165, 1.54) is 0 Å². The molecule has 0 spiro atoms. The maximum atomic E-state index is 11.9. The Balaban J connectivity index is 1.57. The molecule has 4 rings (SSSR count). The van der Waals surface area contributed by atoms with E-state index in [-0.39, 0.29) is 12.8 Å². The molecule has 6 heteroatoms. The zero-order chi connectivity index (χ0) is 17.4. The molecule has 1 aliphatic heterocycles. The second kappa shape index (κ2) is 5.90. The third-order valence-corrected chi connectivity index (χ3v) is 4.13. The SMILES string of the molecule is O=C(Nc1ccc2cc3ccccc3cc2c1)ON1C(=O)CCC1=O. The minimum Gasteiger partial charge on any atom is -0.311 e. The first-order chi connectivity index (χ1) is 12.1. The number of carbonyl (C=O) groups is 3. The number of nitrogens with zero attached hydrogens (tertiary/aromatic N) is 1. The Morgan fingerprint density at radius 1 is 0.840 bits per heavy atom. The molecule has 1 N–H and O–H groups in total. The number of amides is 3. The van der Waals surface area contributed by atoms with Crippen molar-refractivity contribution < 1.29 is 19.2 Å². The van der Waals surface area contributed by atoms with Gasteiger partial charge in [-0.25, -0.2) is 4.79 Å². The Bertz CT molecular complexity index is 1010. The number of hydrogen-bond acceptors (Lipinski definition) is 4. The molecule has 6 nitrogen and oxygen atoms in total. The van der Waals surface area contributed by atoms with Gasteiger partial charge < -0.3 is 4.84 Å². The largest absolute Gasteiger partial charge is 0.436 e. The fourth-order valence-electron chi connectivity index (χ4n) is 2.90. The molecule has 0 unspecified atom stereocenters. The molecule has 0 aromatic heterocycles. The van der Waals surface area contributed by atoms with Gasteiger partial charge in [0.15, 0.2) is 0 Å². The molecule has 1 saturated heterocycles. The van der Waals surface area contributed by atoms with Crippen LogP contribution in [0.25, 0.3) is 21.5 Å². The summed E-state index contributed by atoms with van der Waals surface area (Å²) in [7, 11) is 0. The van der Waals surface area contributed by atoms with Crippen molar-refractivity contribution >= 4 is 45.1 Å². The number of fused-ring (bicyclic) bond motifs is 2. The van der Waals surface area contributed by atoms with Gasteiger partial charge >= 0.3 is 6.09 Å². The summed E-state index contributed by atoms with van der Waals surface area (Å²) in [6.07, 6.45) is -0.742. The predicted octanol–water partition coefficient (Wildman–Crippen LogP) is 3.61. The van der Waals surface area contributed by atoms with Gasteiger partial charge in [0.25, 0.3) is 11.8 Å².